The van der Waals surface area contributed by atoms with Crippen LogP contribution in [0, 0.1) is 0 Å². The third kappa shape index (κ3) is 1.56. The summed E-state index contributed by atoms with van der Waals surface area (Å²) < 4.78 is 25.6. The lowest BCUT2D eigenvalue weighted by Crippen LogP contribution is -2.21. The first-order valence-electron chi connectivity index (χ1n) is 2.93. The van der Waals surface area contributed by atoms with Crippen LogP contribution in [0.3, 0.4) is 0 Å². The number of ketones is 1. The Labute approximate surface area is 70.9 Å². The lowest BCUT2D eigenvalue weighted by Gasteiger charge is -2.17. The molecule has 1 aliphatic rings. The molecule has 0 aromatic rings. The van der Waals surface area contributed by atoms with Crippen LogP contribution >= 0.6 is 15.9 Å². The van der Waals surface area contributed by atoms with Gasteiger partial charge in [0, 0.05) is 6.08 Å². The Morgan fingerprint density at radius 3 is 2.64 bits per heavy atom. The molecular formula is C7H5BrF2O. The minimum absolute atomic E-state index is 0.0592. The zero-order valence-corrected chi connectivity index (χ0v) is 7.28. The largest absolute Gasteiger partial charge is 0.289 e. The van der Waals surface area contributed by atoms with Gasteiger partial charge in [0.1, 0.15) is 5.83 Å². The molecule has 1 atom stereocenters. The third-order valence-electron chi connectivity index (χ3n) is 1.36. The quantitative estimate of drug-likeness (QED) is 0.616. The van der Waals surface area contributed by atoms with Crippen LogP contribution in [0.25, 0.3) is 0 Å². The topological polar surface area (TPSA) is 17.1 Å². The van der Waals surface area contributed by atoms with Gasteiger partial charge in [-0.1, -0.05) is 0 Å². The highest BCUT2D eigenvalue weighted by atomic mass is 79.9. The molecule has 0 unspecified atom stereocenters. The maximum Gasteiger partial charge on any atom is 0.195 e. The van der Waals surface area contributed by atoms with Gasteiger partial charge in [0.15, 0.2) is 11.5 Å². The molecule has 0 spiro atoms. The first-order valence-corrected chi connectivity index (χ1v) is 3.72. The highest BCUT2D eigenvalue weighted by Gasteiger charge is 2.32. The molecule has 1 nitrogen and oxygen atoms in total. The molecule has 0 aromatic heterocycles. The molecule has 0 saturated heterocycles. The highest BCUT2D eigenvalue weighted by Crippen LogP contribution is 2.31. The molecular weight excluding hydrogens is 218 g/mol. The van der Waals surface area contributed by atoms with Crippen molar-refractivity contribution in [2.24, 2.45) is 0 Å². The van der Waals surface area contributed by atoms with Gasteiger partial charge in [0.05, 0.1) is 4.48 Å². The highest BCUT2D eigenvalue weighted by molar-refractivity contribution is 9.12. The van der Waals surface area contributed by atoms with Crippen LogP contribution in [0.4, 0.5) is 8.78 Å². The second-order valence-corrected chi connectivity index (χ2v) is 3.28. The molecule has 0 N–H and O–H groups in total. The van der Waals surface area contributed by atoms with Crippen LogP contribution in [-0.4, -0.2) is 11.5 Å². The summed E-state index contributed by atoms with van der Waals surface area (Å²) in [7, 11) is 0. The molecule has 0 aliphatic heterocycles. The average Bonchev–Trinajstić information content (AvgIpc) is 1.83. The van der Waals surface area contributed by atoms with E-state index < -0.39 is 17.3 Å². The Balaban J connectivity index is 3.08. The van der Waals surface area contributed by atoms with Gasteiger partial charge >= 0.3 is 0 Å². The van der Waals surface area contributed by atoms with Gasteiger partial charge in [-0.15, -0.1) is 0 Å². The van der Waals surface area contributed by atoms with E-state index >= 15 is 0 Å². The molecule has 0 heterocycles. The van der Waals surface area contributed by atoms with E-state index in [1.165, 1.54) is 0 Å². The van der Waals surface area contributed by atoms with Gasteiger partial charge in [-0.3, -0.25) is 4.79 Å². The van der Waals surface area contributed by atoms with E-state index in [9.17, 15) is 13.6 Å². The van der Waals surface area contributed by atoms with Crippen molar-refractivity contribution in [2.75, 3.05) is 0 Å². The van der Waals surface area contributed by atoms with E-state index in [0.717, 1.165) is 13.0 Å². The minimum atomic E-state index is -2.15. The zero-order chi connectivity index (χ0) is 8.65. The summed E-state index contributed by atoms with van der Waals surface area (Å²) in [5, 5.41) is 0. The molecule has 0 bridgehead atoms. The van der Waals surface area contributed by atoms with Crippen molar-refractivity contribution in [2.45, 2.75) is 12.6 Å². The number of hydrogen-bond donors (Lipinski definition) is 0. The van der Waals surface area contributed by atoms with Crippen LogP contribution in [0.15, 0.2) is 22.5 Å². The summed E-state index contributed by atoms with van der Waals surface area (Å²) in [6.45, 7) is 1.05. The summed E-state index contributed by atoms with van der Waals surface area (Å²) in [5.41, 5.74) is -2.15. The third-order valence-corrected chi connectivity index (χ3v) is 1.98. The van der Waals surface area contributed by atoms with Gasteiger partial charge in [0.25, 0.3) is 0 Å². The molecule has 0 fully saturated rings. The first kappa shape index (κ1) is 8.59. The van der Waals surface area contributed by atoms with Crippen LogP contribution < -0.4 is 0 Å². The predicted octanol–water partition coefficient (Wildman–Crippen LogP) is 2.43. The first-order chi connectivity index (χ1) is 4.93. The maximum atomic E-state index is 13.0. The second kappa shape index (κ2) is 2.52. The summed E-state index contributed by atoms with van der Waals surface area (Å²) >= 11 is 2.82. The molecule has 1 aliphatic carbocycles. The predicted molar refractivity (Wildman–Crippen MR) is 40.7 cm³/mol. The summed E-state index contributed by atoms with van der Waals surface area (Å²) in [4.78, 5) is 10.7. The van der Waals surface area contributed by atoms with Gasteiger partial charge in [-0.25, -0.2) is 8.78 Å². The Hall–Kier alpha value is -0.510. The van der Waals surface area contributed by atoms with Gasteiger partial charge in [-0.05, 0) is 28.9 Å². The van der Waals surface area contributed by atoms with Gasteiger partial charge in [0.2, 0.25) is 0 Å². The molecule has 1 rings (SSSR count). The smallest absolute Gasteiger partial charge is 0.195 e. The molecule has 0 saturated carbocycles. The van der Waals surface area contributed by atoms with Crippen LogP contribution in [0.1, 0.15) is 6.92 Å². The normalized spacial score (nSPS) is 31.5. The standard InChI is InChI=1S/C7H5BrF2O/c1-7(10)3-4(8)5(11)2-6(7)9/h2-3H,1H3/t7-/m1/s1. The maximum absolute atomic E-state index is 13.0. The molecule has 0 amide bonds. The van der Waals surface area contributed by atoms with E-state index in [1.807, 2.05) is 0 Å². The fraction of sp³-hybridized carbons (Fsp3) is 0.286. The average molecular weight is 223 g/mol. The molecule has 0 aromatic carbocycles. The monoisotopic (exact) mass is 222 g/mol. The van der Waals surface area contributed by atoms with Crippen LogP contribution in [0.2, 0.25) is 0 Å². The number of carbonyl (C=O) groups is 1. The molecule has 60 valence electrons. The second-order valence-electron chi connectivity index (χ2n) is 2.42. The van der Waals surface area contributed by atoms with Crippen molar-refractivity contribution in [3.63, 3.8) is 0 Å². The summed E-state index contributed by atoms with van der Waals surface area (Å²) in [6, 6.07) is 0. The van der Waals surface area contributed by atoms with Crippen molar-refractivity contribution in [3.05, 3.63) is 22.5 Å². The number of carbonyl (C=O) groups excluding carboxylic acids is 1. The summed E-state index contributed by atoms with van der Waals surface area (Å²) in [6.07, 6.45) is 1.55. The molecule has 11 heavy (non-hydrogen) atoms. The number of hydrogen-bond acceptors (Lipinski definition) is 1. The lowest BCUT2D eigenvalue weighted by molar-refractivity contribution is -0.111. The number of rotatable bonds is 0. The van der Waals surface area contributed by atoms with E-state index in [-0.39, 0.29) is 4.48 Å². The van der Waals surface area contributed by atoms with Crippen molar-refractivity contribution < 1.29 is 13.6 Å². The SMILES string of the molecule is C[C@@]1(F)C=C(Br)C(=O)C=C1F. The van der Waals surface area contributed by atoms with Crippen LogP contribution in [0.5, 0.6) is 0 Å². The van der Waals surface area contributed by atoms with E-state index in [1.54, 1.807) is 0 Å². The van der Waals surface area contributed by atoms with Gasteiger partial charge < -0.3 is 0 Å². The number of alkyl halides is 1. The zero-order valence-electron chi connectivity index (χ0n) is 5.70. The Bertz CT molecular complexity index is 266. The van der Waals surface area contributed by atoms with Crippen molar-refractivity contribution in [1.82, 2.24) is 0 Å². The fourth-order valence-electron chi connectivity index (χ4n) is 0.703. The van der Waals surface area contributed by atoms with Crippen LogP contribution in [-0.2, 0) is 4.79 Å². The Morgan fingerprint density at radius 2 is 2.18 bits per heavy atom. The van der Waals surface area contributed by atoms with E-state index in [2.05, 4.69) is 15.9 Å². The Kier molecular flexibility index (Phi) is 1.96. The minimum Gasteiger partial charge on any atom is -0.289 e. The number of allylic oxidation sites excluding steroid dienone is 4. The van der Waals surface area contributed by atoms with Crippen molar-refractivity contribution >= 4 is 21.7 Å². The number of halogens is 3. The van der Waals surface area contributed by atoms with Crippen molar-refractivity contribution in [3.8, 4) is 0 Å². The Morgan fingerprint density at radius 1 is 1.64 bits per heavy atom. The molecule has 0 radical (unpaired) electrons. The molecule has 4 heteroatoms. The van der Waals surface area contributed by atoms with E-state index in [4.69, 9.17) is 0 Å². The fourth-order valence-corrected chi connectivity index (χ4v) is 1.25. The lowest BCUT2D eigenvalue weighted by atomic mass is 10.0. The van der Waals surface area contributed by atoms with E-state index in [0.29, 0.717) is 6.08 Å². The van der Waals surface area contributed by atoms with Gasteiger partial charge in [-0.2, -0.15) is 0 Å². The summed E-state index contributed by atoms with van der Waals surface area (Å²) in [5.74, 6) is -1.59. The van der Waals surface area contributed by atoms with Crippen molar-refractivity contribution in [1.29, 1.82) is 0 Å².